The molecule has 2 aliphatic heterocycles. The molecule has 11 heteroatoms. The zero-order valence-corrected chi connectivity index (χ0v) is 30.7. The van der Waals surface area contributed by atoms with E-state index in [1.54, 1.807) is 36.4 Å². The lowest BCUT2D eigenvalue weighted by atomic mass is 9.89. The van der Waals surface area contributed by atoms with Crippen molar-refractivity contribution < 1.29 is 28.6 Å². The number of ether oxygens (including phenoxy) is 3. The van der Waals surface area contributed by atoms with Gasteiger partial charge in [0, 0.05) is 30.5 Å². The van der Waals surface area contributed by atoms with Crippen LogP contribution in [0, 0.1) is 11.3 Å². The number of amides is 1. The van der Waals surface area contributed by atoms with Crippen LogP contribution in [0.2, 0.25) is 10.0 Å². The highest BCUT2D eigenvalue weighted by molar-refractivity contribution is 6.42. The first kappa shape index (κ1) is 36.7. The number of nitrogens with one attached hydrogen (secondary N) is 2. The molecule has 5 aromatic carbocycles. The maximum absolute atomic E-state index is 13.5. The molecule has 0 saturated heterocycles. The molecule has 272 valence electrons. The third-order valence-corrected chi connectivity index (χ3v) is 10.4. The van der Waals surface area contributed by atoms with Crippen LogP contribution in [-0.4, -0.2) is 36.9 Å². The minimum Gasteiger partial charge on any atom is -0.489 e. The molecule has 0 radical (unpaired) electrons. The van der Waals surface area contributed by atoms with Crippen molar-refractivity contribution in [2.45, 2.75) is 50.6 Å². The van der Waals surface area contributed by atoms with E-state index in [2.05, 4.69) is 16.7 Å². The number of hydrogen-bond acceptors (Lipinski definition) is 8. The number of Topliss-reactive ketones (excluding diaryl/α,β-unsaturated/α-hetero) is 1. The molecule has 2 N–H and O–H groups in total. The second kappa shape index (κ2) is 16.1. The average Bonchev–Trinajstić information content (AvgIpc) is 3.20. The number of ketones is 1. The summed E-state index contributed by atoms with van der Waals surface area (Å²) < 4.78 is 17.2. The number of nitriles is 1. The lowest BCUT2D eigenvalue weighted by Crippen LogP contribution is -2.53. The van der Waals surface area contributed by atoms with Gasteiger partial charge < -0.3 is 24.8 Å². The quantitative estimate of drug-likeness (QED) is 0.143. The Morgan fingerprint density at radius 2 is 1.59 bits per heavy atom. The average molecular weight is 761 g/mol. The summed E-state index contributed by atoms with van der Waals surface area (Å²) in [7, 11) is 1.30. The fourth-order valence-corrected chi connectivity index (χ4v) is 7.03. The fraction of sp³-hybridized carbons (Fsp3) is 0.209. The number of carbonyl (C=O) groups is 3. The SMILES string of the molecule is COC(=O)[C@H](Cc1ccc(-c2ccc(C#N)cc2)cc1)NC(=O)[C@@H]1Cc2cc3c(cc2CN1)OC(c1ccc(OCc2ccc(Cl)c(Cl)c2)cc1)C(=O)C3. The fourth-order valence-electron chi connectivity index (χ4n) is 6.71. The zero-order valence-electron chi connectivity index (χ0n) is 29.2. The van der Waals surface area contributed by atoms with Crippen molar-refractivity contribution >= 4 is 40.9 Å². The van der Waals surface area contributed by atoms with Gasteiger partial charge >= 0.3 is 5.97 Å². The molecule has 2 heterocycles. The van der Waals surface area contributed by atoms with Gasteiger partial charge in [0.15, 0.2) is 11.9 Å². The smallest absolute Gasteiger partial charge is 0.328 e. The summed E-state index contributed by atoms with van der Waals surface area (Å²) in [5.41, 5.74) is 7.67. The Labute approximate surface area is 322 Å². The number of rotatable bonds is 10. The standard InChI is InChI=1S/C43H35Cl2N3O6/c1-52-43(51)38(17-25-2-7-28(8-3-25)29-9-4-26(22-46)5-10-29)48-42(50)37-19-31-18-32-20-39(49)41(54-40(32)21-33(31)23-47-37)30-11-13-34(14-12-30)53-24-27-6-15-35(44)36(45)16-27/h2-16,18,21,37-38,41,47H,17,19-20,23-24H2,1H3,(H,48,50)/t37-,38-,41?/m0/s1. The van der Waals surface area contributed by atoms with E-state index in [1.165, 1.54) is 7.11 Å². The highest BCUT2D eigenvalue weighted by Gasteiger charge is 2.33. The highest BCUT2D eigenvalue weighted by Crippen LogP contribution is 2.37. The third kappa shape index (κ3) is 8.27. The Morgan fingerprint density at radius 1 is 0.889 bits per heavy atom. The predicted molar refractivity (Wildman–Crippen MR) is 204 cm³/mol. The summed E-state index contributed by atoms with van der Waals surface area (Å²) in [5, 5.41) is 16.2. The van der Waals surface area contributed by atoms with Crippen LogP contribution in [0.1, 0.15) is 45.0 Å². The first-order valence-corrected chi connectivity index (χ1v) is 18.1. The molecule has 5 aromatic rings. The Morgan fingerprint density at radius 3 is 2.28 bits per heavy atom. The van der Waals surface area contributed by atoms with Crippen LogP contribution < -0.4 is 20.1 Å². The van der Waals surface area contributed by atoms with E-state index in [-0.39, 0.29) is 24.5 Å². The number of nitrogens with zero attached hydrogens (tertiary/aromatic N) is 1. The van der Waals surface area contributed by atoms with Gasteiger partial charge in [0.2, 0.25) is 5.91 Å². The lowest BCUT2D eigenvalue weighted by molar-refractivity contribution is -0.145. The Kier molecular flexibility index (Phi) is 11.0. The first-order valence-electron chi connectivity index (χ1n) is 17.4. The summed E-state index contributed by atoms with van der Waals surface area (Å²) in [6.45, 7) is 0.723. The number of benzene rings is 5. The van der Waals surface area contributed by atoms with Crippen molar-refractivity contribution in [3.05, 3.63) is 152 Å². The van der Waals surface area contributed by atoms with Gasteiger partial charge in [0.05, 0.1) is 34.8 Å². The van der Waals surface area contributed by atoms with Crippen molar-refractivity contribution in [1.29, 1.82) is 5.26 Å². The van der Waals surface area contributed by atoms with Crippen LogP contribution in [0.4, 0.5) is 0 Å². The molecule has 0 aliphatic carbocycles. The molecule has 9 nitrogen and oxygen atoms in total. The monoisotopic (exact) mass is 759 g/mol. The van der Waals surface area contributed by atoms with Gasteiger partial charge in [0.1, 0.15) is 24.1 Å². The maximum Gasteiger partial charge on any atom is 0.328 e. The number of halogens is 2. The van der Waals surface area contributed by atoms with Crippen molar-refractivity contribution in [2.24, 2.45) is 0 Å². The topological polar surface area (TPSA) is 127 Å². The molecular weight excluding hydrogens is 725 g/mol. The molecule has 0 bridgehead atoms. The van der Waals surface area contributed by atoms with Gasteiger partial charge in [-0.15, -0.1) is 0 Å². The molecule has 7 rings (SSSR count). The van der Waals surface area contributed by atoms with E-state index in [4.69, 9.17) is 42.7 Å². The van der Waals surface area contributed by atoms with E-state index in [0.29, 0.717) is 46.7 Å². The largest absolute Gasteiger partial charge is 0.489 e. The molecule has 1 amide bonds. The minimum absolute atomic E-state index is 0.0685. The molecular formula is C43H35Cl2N3O6. The number of carbonyl (C=O) groups excluding carboxylic acids is 3. The number of esters is 1. The molecule has 2 aliphatic rings. The molecule has 0 fully saturated rings. The van der Waals surface area contributed by atoms with Crippen molar-refractivity contribution in [3.8, 4) is 28.7 Å². The summed E-state index contributed by atoms with van der Waals surface area (Å²) in [4.78, 5) is 39.6. The highest BCUT2D eigenvalue weighted by atomic mass is 35.5. The number of methoxy groups -OCH3 is 1. The summed E-state index contributed by atoms with van der Waals surface area (Å²) in [6.07, 6.45) is 0.0693. The molecule has 1 unspecified atom stereocenters. The Hall–Kier alpha value is -5.66. The zero-order chi connectivity index (χ0) is 37.8. The number of hydrogen-bond donors (Lipinski definition) is 2. The summed E-state index contributed by atoms with van der Waals surface area (Å²) >= 11 is 12.1. The Bertz CT molecular complexity index is 2250. The van der Waals surface area contributed by atoms with Crippen LogP contribution in [0.15, 0.2) is 103 Å². The minimum atomic E-state index is -0.888. The van der Waals surface area contributed by atoms with Gasteiger partial charge in [-0.2, -0.15) is 5.26 Å². The molecule has 0 spiro atoms. The van der Waals surface area contributed by atoms with E-state index >= 15 is 0 Å². The van der Waals surface area contributed by atoms with E-state index < -0.39 is 24.2 Å². The molecule has 54 heavy (non-hydrogen) atoms. The second-order valence-electron chi connectivity index (χ2n) is 13.3. The van der Waals surface area contributed by atoms with Crippen LogP contribution in [-0.2, 0) is 51.5 Å². The summed E-state index contributed by atoms with van der Waals surface area (Å²) in [5.74, 6) is 0.347. The molecule has 3 atom stereocenters. The number of fused-ring (bicyclic) bond motifs is 2. The maximum atomic E-state index is 13.5. The van der Waals surface area contributed by atoms with Gasteiger partial charge in [-0.05, 0) is 82.3 Å². The van der Waals surface area contributed by atoms with Crippen molar-refractivity contribution in [2.75, 3.05) is 7.11 Å². The van der Waals surface area contributed by atoms with Gasteiger partial charge in [-0.1, -0.05) is 83.9 Å². The molecule has 0 aromatic heterocycles. The summed E-state index contributed by atoms with van der Waals surface area (Å²) in [6, 6.07) is 32.1. The van der Waals surface area contributed by atoms with Crippen LogP contribution in [0.5, 0.6) is 11.5 Å². The van der Waals surface area contributed by atoms with Crippen LogP contribution >= 0.6 is 23.2 Å². The van der Waals surface area contributed by atoms with Crippen LogP contribution in [0.3, 0.4) is 0 Å². The Balaban J connectivity index is 0.969. The first-order chi connectivity index (χ1) is 26.2. The van der Waals surface area contributed by atoms with Gasteiger partial charge in [-0.25, -0.2) is 4.79 Å². The van der Waals surface area contributed by atoms with E-state index in [0.717, 1.165) is 44.5 Å². The molecule has 0 saturated carbocycles. The van der Waals surface area contributed by atoms with Crippen LogP contribution in [0.25, 0.3) is 11.1 Å². The van der Waals surface area contributed by atoms with Crippen molar-refractivity contribution in [3.63, 3.8) is 0 Å². The normalized spacial score (nSPS) is 16.5. The van der Waals surface area contributed by atoms with E-state index in [9.17, 15) is 14.4 Å². The van der Waals surface area contributed by atoms with Crippen molar-refractivity contribution in [1.82, 2.24) is 10.6 Å². The third-order valence-electron chi connectivity index (χ3n) is 9.68. The predicted octanol–water partition coefficient (Wildman–Crippen LogP) is 7.27. The lowest BCUT2D eigenvalue weighted by Gasteiger charge is -2.30. The van der Waals surface area contributed by atoms with Gasteiger partial charge in [-0.3, -0.25) is 9.59 Å². The van der Waals surface area contributed by atoms with Gasteiger partial charge in [0.25, 0.3) is 0 Å². The second-order valence-corrected chi connectivity index (χ2v) is 14.1. The van der Waals surface area contributed by atoms with E-state index in [1.807, 2.05) is 66.7 Å².